The molecule has 1 N–H and O–H groups in total. The second kappa shape index (κ2) is 9.14. The molecule has 0 bridgehead atoms. The monoisotopic (exact) mass is 428 g/mol. The van der Waals surface area contributed by atoms with Gasteiger partial charge >= 0.3 is 0 Å². The van der Waals surface area contributed by atoms with Gasteiger partial charge in [-0.15, -0.1) is 0 Å². The molecule has 0 aliphatic carbocycles. The number of methoxy groups -OCH3 is 1. The minimum absolute atomic E-state index is 0.0139. The van der Waals surface area contributed by atoms with Crippen LogP contribution in [0.15, 0.2) is 89.8 Å². The third kappa shape index (κ3) is 4.37. The normalized spacial score (nSPS) is 10.7. The Morgan fingerprint density at radius 3 is 2.26 bits per heavy atom. The number of fused-ring (bicyclic) bond motifs is 1. The predicted octanol–water partition coefficient (Wildman–Crippen LogP) is 6.55. The van der Waals surface area contributed by atoms with E-state index in [1.54, 1.807) is 24.0 Å². The number of nitrogens with zero attached hydrogens (tertiary/aromatic N) is 1. The van der Waals surface area contributed by atoms with Gasteiger partial charge in [-0.25, -0.2) is 0 Å². The molecule has 4 aromatic rings. The number of hydrogen-bond donors (Lipinski definition) is 1. The van der Waals surface area contributed by atoms with Crippen LogP contribution in [0, 0.1) is 6.92 Å². The van der Waals surface area contributed by atoms with Gasteiger partial charge in [0.15, 0.2) is 0 Å². The summed E-state index contributed by atoms with van der Waals surface area (Å²) in [5.74, 6) is 0.812. The molecule has 0 saturated heterocycles. The lowest BCUT2D eigenvalue weighted by Gasteiger charge is -2.21. The summed E-state index contributed by atoms with van der Waals surface area (Å²) in [6.45, 7) is 1.96. The summed E-state index contributed by atoms with van der Waals surface area (Å²) in [6.07, 6.45) is 0. The van der Waals surface area contributed by atoms with Crippen LogP contribution in [0.4, 0.5) is 11.4 Å². The third-order valence-electron chi connectivity index (χ3n) is 5.27. The first-order chi connectivity index (χ1) is 15.1. The summed E-state index contributed by atoms with van der Waals surface area (Å²) >= 11 is 1.55. The molecule has 5 heteroatoms. The van der Waals surface area contributed by atoms with Crippen molar-refractivity contribution < 1.29 is 9.53 Å². The molecule has 0 spiro atoms. The summed E-state index contributed by atoms with van der Waals surface area (Å²) < 4.78 is 8.61. The van der Waals surface area contributed by atoms with Crippen molar-refractivity contribution in [2.75, 3.05) is 23.8 Å². The third-order valence-corrected chi connectivity index (χ3v) is 6.19. The Morgan fingerprint density at radius 2 is 1.55 bits per heavy atom. The van der Waals surface area contributed by atoms with Gasteiger partial charge < -0.3 is 14.4 Å². The smallest absolute Gasteiger partial charge is 0.258 e. The van der Waals surface area contributed by atoms with Crippen LogP contribution in [0.25, 0.3) is 10.8 Å². The predicted molar refractivity (Wildman–Crippen MR) is 130 cm³/mol. The van der Waals surface area contributed by atoms with E-state index in [0.717, 1.165) is 38.4 Å². The molecule has 4 aromatic carbocycles. The zero-order valence-corrected chi connectivity index (χ0v) is 18.6. The molecule has 156 valence electrons. The van der Waals surface area contributed by atoms with Gasteiger partial charge in [0, 0.05) is 28.6 Å². The Labute approximate surface area is 187 Å². The SMILES string of the molecule is COc1ccc(NSc2ccc(N(C)C(=O)c3ccccc3C)c3ccccc23)cc1. The van der Waals surface area contributed by atoms with Gasteiger partial charge in [0.1, 0.15) is 5.75 Å². The molecule has 0 aromatic heterocycles. The fourth-order valence-electron chi connectivity index (χ4n) is 3.51. The van der Waals surface area contributed by atoms with Crippen LogP contribution in [0.2, 0.25) is 0 Å². The number of benzene rings is 4. The topological polar surface area (TPSA) is 41.6 Å². The molecule has 0 heterocycles. The second-order valence-corrected chi connectivity index (χ2v) is 8.09. The number of nitrogens with one attached hydrogen (secondary N) is 1. The molecule has 0 fully saturated rings. The van der Waals surface area contributed by atoms with E-state index in [4.69, 9.17) is 4.74 Å². The summed E-state index contributed by atoms with van der Waals surface area (Å²) in [7, 11) is 3.49. The van der Waals surface area contributed by atoms with Crippen molar-refractivity contribution in [3.05, 3.63) is 96.1 Å². The van der Waals surface area contributed by atoms with E-state index in [1.165, 1.54) is 0 Å². The Balaban J connectivity index is 1.63. The van der Waals surface area contributed by atoms with E-state index >= 15 is 0 Å². The van der Waals surface area contributed by atoms with Crippen molar-refractivity contribution >= 4 is 40.0 Å². The van der Waals surface area contributed by atoms with Gasteiger partial charge in [0.05, 0.1) is 12.8 Å². The number of hydrogen-bond acceptors (Lipinski definition) is 4. The van der Waals surface area contributed by atoms with E-state index in [1.807, 2.05) is 80.7 Å². The molecule has 0 radical (unpaired) electrons. The average molecular weight is 429 g/mol. The summed E-state index contributed by atoms with van der Waals surface area (Å²) in [4.78, 5) is 16.0. The number of amides is 1. The van der Waals surface area contributed by atoms with Crippen LogP contribution < -0.4 is 14.4 Å². The first kappa shape index (κ1) is 20.8. The van der Waals surface area contributed by atoms with Gasteiger partial charge in [-0.3, -0.25) is 4.79 Å². The maximum absolute atomic E-state index is 13.2. The number of ether oxygens (including phenoxy) is 1. The Bertz CT molecular complexity index is 1220. The van der Waals surface area contributed by atoms with E-state index < -0.39 is 0 Å². The molecule has 0 aliphatic heterocycles. The number of aryl methyl sites for hydroxylation is 1. The molecule has 0 unspecified atom stereocenters. The first-order valence-electron chi connectivity index (χ1n) is 10.0. The fraction of sp³-hybridized carbons (Fsp3) is 0.115. The summed E-state index contributed by atoms with van der Waals surface area (Å²) in [5, 5.41) is 2.13. The summed E-state index contributed by atoms with van der Waals surface area (Å²) in [5.41, 5.74) is 3.57. The highest BCUT2D eigenvalue weighted by Crippen LogP contribution is 2.35. The van der Waals surface area contributed by atoms with Crippen molar-refractivity contribution in [1.82, 2.24) is 0 Å². The average Bonchev–Trinajstić information content (AvgIpc) is 2.82. The fourth-order valence-corrected chi connectivity index (χ4v) is 4.30. The molecule has 4 rings (SSSR count). The van der Waals surface area contributed by atoms with Gasteiger partial charge in [0.25, 0.3) is 5.91 Å². The number of carbonyl (C=O) groups excluding carboxylic acids is 1. The zero-order chi connectivity index (χ0) is 21.8. The molecule has 0 saturated carbocycles. The highest BCUT2D eigenvalue weighted by molar-refractivity contribution is 8.00. The van der Waals surface area contributed by atoms with E-state index in [0.29, 0.717) is 5.56 Å². The Hall–Kier alpha value is -3.44. The minimum atomic E-state index is -0.0139. The van der Waals surface area contributed by atoms with Crippen LogP contribution >= 0.6 is 11.9 Å². The van der Waals surface area contributed by atoms with E-state index in [2.05, 4.69) is 22.9 Å². The molecule has 31 heavy (non-hydrogen) atoms. The van der Waals surface area contributed by atoms with Crippen LogP contribution in [0.1, 0.15) is 15.9 Å². The Kier molecular flexibility index (Phi) is 6.14. The number of rotatable bonds is 6. The van der Waals surface area contributed by atoms with Gasteiger partial charge in [0.2, 0.25) is 0 Å². The quantitative estimate of drug-likeness (QED) is 0.354. The van der Waals surface area contributed by atoms with Crippen LogP contribution in [-0.2, 0) is 0 Å². The zero-order valence-electron chi connectivity index (χ0n) is 17.8. The molecular formula is C26H24N2O2S. The van der Waals surface area contributed by atoms with Crippen molar-refractivity contribution in [2.45, 2.75) is 11.8 Å². The maximum atomic E-state index is 13.2. The molecule has 4 nitrogen and oxygen atoms in total. The van der Waals surface area contributed by atoms with Crippen LogP contribution in [0.3, 0.4) is 0 Å². The highest BCUT2D eigenvalue weighted by Gasteiger charge is 2.18. The van der Waals surface area contributed by atoms with Gasteiger partial charge in [-0.2, -0.15) is 0 Å². The molecular weight excluding hydrogens is 404 g/mol. The minimum Gasteiger partial charge on any atom is -0.497 e. The van der Waals surface area contributed by atoms with Crippen LogP contribution in [0.5, 0.6) is 5.75 Å². The van der Waals surface area contributed by atoms with Crippen molar-refractivity contribution in [2.24, 2.45) is 0 Å². The highest BCUT2D eigenvalue weighted by atomic mass is 32.2. The molecule has 0 aliphatic rings. The van der Waals surface area contributed by atoms with Gasteiger partial charge in [-0.05, 0) is 72.3 Å². The van der Waals surface area contributed by atoms with E-state index in [-0.39, 0.29) is 5.91 Å². The standard InChI is InChI=1S/C26H24N2O2S/c1-18-8-4-5-9-21(18)26(29)28(2)24-16-17-25(23-11-7-6-10-22(23)24)31-27-19-12-14-20(30-3)15-13-19/h4-17,27H,1-3H3. The molecule has 1 amide bonds. The van der Waals surface area contributed by atoms with Crippen molar-refractivity contribution in [3.8, 4) is 5.75 Å². The van der Waals surface area contributed by atoms with Crippen molar-refractivity contribution in [3.63, 3.8) is 0 Å². The first-order valence-corrected chi connectivity index (χ1v) is 10.8. The number of carbonyl (C=O) groups is 1. The lowest BCUT2D eigenvalue weighted by molar-refractivity contribution is 0.0992. The van der Waals surface area contributed by atoms with Crippen molar-refractivity contribution in [1.29, 1.82) is 0 Å². The maximum Gasteiger partial charge on any atom is 0.258 e. The lowest BCUT2D eigenvalue weighted by atomic mass is 10.1. The lowest BCUT2D eigenvalue weighted by Crippen LogP contribution is -2.27. The largest absolute Gasteiger partial charge is 0.497 e. The second-order valence-electron chi connectivity index (χ2n) is 7.24. The summed E-state index contributed by atoms with van der Waals surface area (Å²) in [6, 6.07) is 27.7. The van der Waals surface area contributed by atoms with E-state index in [9.17, 15) is 4.79 Å². The Morgan fingerprint density at radius 1 is 0.871 bits per heavy atom. The van der Waals surface area contributed by atoms with Crippen LogP contribution in [-0.4, -0.2) is 20.1 Å². The number of anilines is 2. The van der Waals surface area contributed by atoms with Gasteiger partial charge in [-0.1, -0.05) is 42.5 Å². The molecule has 0 atom stereocenters.